The molecule has 2 N–H and O–H groups in total. The number of rotatable bonds is 9. The Morgan fingerprint density at radius 3 is 2.74 bits per heavy atom. The third kappa shape index (κ3) is 8.55. The van der Waals surface area contributed by atoms with Crippen molar-refractivity contribution in [3.63, 3.8) is 0 Å². The summed E-state index contributed by atoms with van der Waals surface area (Å²) >= 11 is 0. The van der Waals surface area contributed by atoms with Gasteiger partial charge in [0, 0.05) is 31.4 Å². The second-order valence-corrected chi connectivity index (χ2v) is 5.74. The third-order valence-electron chi connectivity index (χ3n) is 3.56. The van der Waals surface area contributed by atoms with E-state index in [0.29, 0.717) is 18.1 Å². The van der Waals surface area contributed by atoms with Crippen molar-refractivity contribution in [2.24, 2.45) is 4.99 Å². The number of aliphatic imine (C=N–C) groups is 1. The number of halogens is 3. The molecule has 0 saturated carbocycles. The lowest BCUT2D eigenvalue weighted by Gasteiger charge is -2.12. The molecule has 0 amide bonds. The molecule has 150 valence electrons. The number of nitrogens with one attached hydrogen (secondary N) is 2. The van der Waals surface area contributed by atoms with Crippen molar-refractivity contribution in [3.8, 4) is 5.75 Å². The van der Waals surface area contributed by atoms with E-state index >= 15 is 0 Å². The molecule has 0 aliphatic rings. The zero-order valence-electron chi connectivity index (χ0n) is 15.5. The van der Waals surface area contributed by atoms with Gasteiger partial charge in [-0.2, -0.15) is 13.9 Å². The number of alkyl halides is 2. The molecule has 9 heteroatoms. The van der Waals surface area contributed by atoms with Crippen LogP contribution in [0, 0.1) is 6.92 Å². The van der Waals surface area contributed by atoms with Crippen LogP contribution in [0.2, 0.25) is 0 Å². The van der Waals surface area contributed by atoms with Gasteiger partial charge in [-0.25, -0.2) is 4.99 Å². The van der Waals surface area contributed by atoms with Crippen LogP contribution in [0.15, 0.2) is 41.7 Å². The minimum absolute atomic E-state index is 0. The first kappa shape index (κ1) is 23.1. The van der Waals surface area contributed by atoms with E-state index in [1.54, 1.807) is 18.2 Å². The van der Waals surface area contributed by atoms with Gasteiger partial charge in [-0.1, -0.05) is 18.2 Å². The summed E-state index contributed by atoms with van der Waals surface area (Å²) in [4.78, 5) is 4.45. The third-order valence-corrected chi connectivity index (χ3v) is 3.56. The lowest BCUT2D eigenvalue weighted by atomic mass is 10.2. The monoisotopic (exact) mass is 493 g/mol. The van der Waals surface area contributed by atoms with Gasteiger partial charge >= 0.3 is 6.61 Å². The first-order valence-electron chi connectivity index (χ1n) is 8.62. The highest BCUT2D eigenvalue weighted by molar-refractivity contribution is 14.0. The molecular weight excluding hydrogens is 467 g/mol. The van der Waals surface area contributed by atoms with E-state index in [9.17, 15) is 8.78 Å². The second kappa shape index (κ2) is 12.5. The maximum atomic E-state index is 12.5. The van der Waals surface area contributed by atoms with Crippen molar-refractivity contribution in [2.75, 3.05) is 13.1 Å². The van der Waals surface area contributed by atoms with Crippen molar-refractivity contribution in [1.29, 1.82) is 0 Å². The van der Waals surface area contributed by atoms with Gasteiger partial charge in [0.1, 0.15) is 5.75 Å². The molecule has 0 fully saturated rings. The van der Waals surface area contributed by atoms with Crippen LogP contribution in [0.3, 0.4) is 0 Å². The molecule has 0 unspecified atom stereocenters. The van der Waals surface area contributed by atoms with Crippen molar-refractivity contribution in [3.05, 3.63) is 47.8 Å². The Balaban J connectivity index is 0.00000364. The molecule has 0 spiro atoms. The summed E-state index contributed by atoms with van der Waals surface area (Å²) in [5, 5.41) is 10.6. The number of ether oxygens (including phenoxy) is 1. The van der Waals surface area contributed by atoms with E-state index in [1.165, 1.54) is 6.07 Å². The Bertz CT molecular complexity index is 709. The molecule has 0 saturated heterocycles. The number of aromatic nitrogens is 2. The van der Waals surface area contributed by atoms with Gasteiger partial charge in [0.2, 0.25) is 0 Å². The fourth-order valence-electron chi connectivity index (χ4n) is 2.39. The lowest BCUT2D eigenvalue weighted by molar-refractivity contribution is -0.0504. The van der Waals surface area contributed by atoms with Gasteiger partial charge in [0.05, 0.1) is 12.7 Å². The molecule has 2 rings (SSSR count). The standard InChI is InChI=1S/C18H25F2N5O.HI/c1-3-21-18(22-9-6-10-25-13-14(2)11-24-25)23-12-15-7-4-5-8-16(15)26-17(19)20;/h4-5,7-8,11,13,17H,3,6,9-10,12H2,1-2H3,(H2,21,22,23);1H. The molecule has 1 heterocycles. The predicted molar refractivity (Wildman–Crippen MR) is 113 cm³/mol. The van der Waals surface area contributed by atoms with Crippen molar-refractivity contribution >= 4 is 29.9 Å². The number of aryl methyl sites for hydroxylation is 2. The molecule has 0 bridgehead atoms. The smallest absolute Gasteiger partial charge is 0.387 e. The average Bonchev–Trinajstić information content (AvgIpc) is 3.02. The molecule has 0 aliphatic heterocycles. The SMILES string of the molecule is CCNC(=NCc1ccccc1OC(F)F)NCCCn1cc(C)cn1.I. The molecule has 1 aromatic heterocycles. The van der Waals surface area contributed by atoms with Crippen molar-refractivity contribution in [1.82, 2.24) is 20.4 Å². The van der Waals surface area contributed by atoms with Crippen LogP contribution in [0.5, 0.6) is 5.75 Å². The number of nitrogens with zero attached hydrogens (tertiary/aromatic N) is 3. The Labute approximate surface area is 175 Å². The molecule has 0 radical (unpaired) electrons. The predicted octanol–water partition coefficient (Wildman–Crippen LogP) is 3.56. The molecule has 0 atom stereocenters. The van der Waals surface area contributed by atoms with Crippen molar-refractivity contribution in [2.45, 2.75) is 40.0 Å². The Morgan fingerprint density at radius 2 is 2.07 bits per heavy atom. The van der Waals surface area contributed by atoms with Gasteiger partial charge in [-0.15, -0.1) is 24.0 Å². The van der Waals surface area contributed by atoms with Gasteiger partial charge in [0.15, 0.2) is 5.96 Å². The summed E-state index contributed by atoms with van der Waals surface area (Å²) in [6.07, 6.45) is 4.72. The van der Waals surface area contributed by atoms with Crippen molar-refractivity contribution < 1.29 is 13.5 Å². The quantitative estimate of drug-likeness (QED) is 0.243. The minimum Gasteiger partial charge on any atom is -0.434 e. The molecule has 1 aromatic carbocycles. The maximum Gasteiger partial charge on any atom is 0.387 e. The Kier molecular flexibility index (Phi) is 10.7. The van der Waals surface area contributed by atoms with Gasteiger partial charge < -0.3 is 15.4 Å². The number of hydrogen-bond acceptors (Lipinski definition) is 3. The summed E-state index contributed by atoms with van der Waals surface area (Å²) < 4.78 is 31.4. The number of para-hydroxylation sites is 1. The highest BCUT2D eigenvalue weighted by Crippen LogP contribution is 2.20. The average molecular weight is 493 g/mol. The number of benzene rings is 1. The van der Waals surface area contributed by atoms with E-state index in [1.807, 2.05) is 30.9 Å². The van der Waals surface area contributed by atoms with Crippen LogP contribution in [0.1, 0.15) is 24.5 Å². The normalized spacial score (nSPS) is 11.2. The molecule has 27 heavy (non-hydrogen) atoms. The van der Waals surface area contributed by atoms with E-state index in [4.69, 9.17) is 0 Å². The first-order chi connectivity index (χ1) is 12.6. The van der Waals surface area contributed by atoms with Crippen LogP contribution in [0.4, 0.5) is 8.78 Å². The molecule has 6 nitrogen and oxygen atoms in total. The van der Waals surface area contributed by atoms with Gasteiger partial charge in [-0.05, 0) is 31.9 Å². The Hall–Kier alpha value is -1.91. The van der Waals surface area contributed by atoms with Gasteiger partial charge in [0.25, 0.3) is 0 Å². The van der Waals surface area contributed by atoms with Crippen LogP contribution < -0.4 is 15.4 Å². The highest BCUT2D eigenvalue weighted by atomic mass is 127. The maximum absolute atomic E-state index is 12.5. The fraction of sp³-hybridized carbons (Fsp3) is 0.444. The van der Waals surface area contributed by atoms with Crippen LogP contribution >= 0.6 is 24.0 Å². The summed E-state index contributed by atoms with van der Waals surface area (Å²) in [5.41, 5.74) is 1.74. The van der Waals surface area contributed by atoms with Crippen LogP contribution in [-0.4, -0.2) is 35.4 Å². The molecule has 2 aromatic rings. The zero-order chi connectivity index (χ0) is 18.8. The molecule has 0 aliphatic carbocycles. The van der Waals surface area contributed by atoms with E-state index < -0.39 is 6.61 Å². The van der Waals surface area contributed by atoms with E-state index in [-0.39, 0.29) is 36.3 Å². The molecular formula is C18H26F2IN5O. The second-order valence-electron chi connectivity index (χ2n) is 5.74. The zero-order valence-corrected chi connectivity index (χ0v) is 17.8. The lowest BCUT2D eigenvalue weighted by Crippen LogP contribution is -2.38. The summed E-state index contributed by atoms with van der Waals surface area (Å²) in [7, 11) is 0. The van der Waals surface area contributed by atoms with Crippen LogP contribution in [-0.2, 0) is 13.1 Å². The summed E-state index contributed by atoms with van der Waals surface area (Å²) in [5.74, 6) is 0.784. The number of hydrogen-bond donors (Lipinski definition) is 2. The van der Waals surface area contributed by atoms with Crippen LogP contribution in [0.25, 0.3) is 0 Å². The Morgan fingerprint density at radius 1 is 1.30 bits per heavy atom. The largest absolute Gasteiger partial charge is 0.434 e. The summed E-state index contributed by atoms with van der Waals surface area (Å²) in [6.45, 7) is 3.61. The number of guanidine groups is 1. The minimum atomic E-state index is -2.85. The topological polar surface area (TPSA) is 63.5 Å². The van der Waals surface area contributed by atoms with E-state index in [0.717, 1.165) is 25.1 Å². The highest BCUT2D eigenvalue weighted by Gasteiger charge is 2.09. The van der Waals surface area contributed by atoms with E-state index in [2.05, 4.69) is 25.5 Å². The van der Waals surface area contributed by atoms with Gasteiger partial charge in [-0.3, -0.25) is 4.68 Å². The summed E-state index contributed by atoms with van der Waals surface area (Å²) in [6, 6.07) is 6.68. The first-order valence-corrected chi connectivity index (χ1v) is 8.62. The fourth-order valence-corrected chi connectivity index (χ4v) is 2.39.